The molecular weight excluding hydrogens is 217 g/mol. The molecule has 3 nitrogen and oxygen atoms in total. The van der Waals surface area contributed by atoms with E-state index < -0.39 is 0 Å². The average molecular weight is 233 g/mol. The van der Waals surface area contributed by atoms with Crippen molar-refractivity contribution >= 4 is 5.69 Å². The van der Waals surface area contributed by atoms with Crippen LogP contribution in [0.4, 0.5) is 10.1 Å². The van der Waals surface area contributed by atoms with Crippen molar-refractivity contribution in [3.8, 4) is 6.07 Å². The molecule has 1 aliphatic heterocycles. The first-order valence-electron chi connectivity index (χ1n) is 5.83. The molecule has 4 heteroatoms. The van der Waals surface area contributed by atoms with Gasteiger partial charge in [0.15, 0.2) is 0 Å². The van der Waals surface area contributed by atoms with Crippen LogP contribution in [0.25, 0.3) is 0 Å². The quantitative estimate of drug-likeness (QED) is 0.848. The Balaban J connectivity index is 2.23. The van der Waals surface area contributed by atoms with E-state index in [1.165, 1.54) is 12.1 Å². The van der Waals surface area contributed by atoms with Crippen LogP contribution in [0.15, 0.2) is 24.3 Å². The van der Waals surface area contributed by atoms with E-state index in [0.29, 0.717) is 12.5 Å². The molecule has 0 aliphatic carbocycles. The molecule has 0 saturated carbocycles. The first kappa shape index (κ1) is 11.9. The normalized spacial score (nSPS) is 24.4. The number of hydrogen-bond acceptors (Lipinski definition) is 3. The number of piperazine rings is 1. The largest absolute Gasteiger partial charge is 0.365 e. The van der Waals surface area contributed by atoms with Gasteiger partial charge in [-0.3, -0.25) is 0 Å². The Labute approximate surface area is 101 Å². The van der Waals surface area contributed by atoms with E-state index in [-0.39, 0.29) is 11.9 Å². The van der Waals surface area contributed by atoms with E-state index in [1.54, 1.807) is 6.07 Å². The third-order valence-corrected chi connectivity index (χ3v) is 3.08. The molecule has 90 valence electrons. The molecule has 1 fully saturated rings. The molecule has 0 aromatic heterocycles. The lowest BCUT2D eigenvalue weighted by Crippen LogP contribution is -2.55. The molecule has 2 atom stereocenters. The predicted octanol–water partition coefficient (Wildman–Crippen LogP) is 1.91. The third-order valence-electron chi connectivity index (χ3n) is 3.08. The average Bonchev–Trinajstić information content (AvgIpc) is 2.32. The van der Waals surface area contributed by atoms with Gasteiger partial charge in [0.05, 0.1) is 18.5 Å². The van der Waals surface area contributed by atoms with E-state index >= 15 is 0 Å². The van der Waals surface area contributed by atoms with Gasteiger partial charge >= 0.3 is 0 Å². The van der Waals surface area contributed by atoms with E-state index in [4.69, 9.17) is 5.26 Å². The summed E-state index contributed by atoms with van der Waals surface area (Å²) in [5, 5.41) is 12.2. The Bertz CT molecular complexity index is 427. The van der Waals surface area contributed by atoms with Crippen LogP contribution in [0, 0.1) is 17.1 Å². The Hall–Kier alpha value is -1.60. The second kappa shape index (κ2) is 5.15. The zero-order valence-electron chi connectivity index (χ0n) is 9.86. The van der Waals surface area contributed by atoms with Crippen molar-refractivity contribution < 1.29 is 4.39 Å². The highest BCUT2D eigenvalue weighted by molar-refractivity contribution is 5.48. The minimum atomic E-state index is -0.232. The minimum absolute atomic E-state index is 0.123. The zero-order chi connectivity index (χ0) is 12.3. The standard InChI is InChI=1S/C13H16FN3/c1-10-9-17(13(5-6-15)8-16-10)12-4-2-3-11(14)7-12/h2-4,7,10,13,16H,5,8-9H2,1H3. The summed E-state index contributed by atoms with van der Waals surface area (Å²) in [7, 11) is 0. The van der Waals surface area contributed by atoms with E-state index in [0.717, 1.165) is 18.8 Å². The van der Waals surface area contributed by atoms with Crippen LogP contribution in [-0.2, 0) is 0 Å². The summed E-state index contributed by atoms with van der Waals surface area (Å²) < 4.78 is 13.2. The van der Waals surface area contributed by atoms with Crippen LogP contribution in [0.1, 0.15) is 13.3 Å². The number of rotatable bonds is 2. The Morgan fingerprint density at radius 1 is 1.59 bits per heavy atom. The Morgan fingerprint density at radius 3 is 3.12 bits per heavy atom. The lowest BCUT2D eigenvalue weighted by atomic mass is 10.1. The molecule has 1 N–H and O–H groups in total. The van der Waals surface area contributed by atoms with Gasteiger partial charge in [-0.2, -0.15) is 5.26 Å². The van der Waals surface area contributed by atoms with Gasteiger partial charge < -0.3 is 10.2 Å². The van der Waals surface area contributed by atoms with Crippen molar-refractivity contribution in [3.63, 3.8) is 0 Å². The molecule has 2 rings (SSSR count). The fourth-order valence-corrected chi connectivity index (χ4v) is 2.21. The van der Waals surface area contributed by atoms with Crippen molar-refractivity contribution in [2.24, 2.45) is 0 Å². The molecule has 0 radical (unpaired) electrons. The molecule has 2 unspecified atom stereocenters. The van der Waals surface area contributed by atoms with Gasteiger partial charge in [0.2, 0.25) is 0 Å². The van der Waals surface area contributed by atoms with Gasteiger partial charge in [-0.05, 0) is 25.1 Å². The fourth-order valence-electron chi connectivity index (χ4n) is 2.21. The molecule has 0 spiro atoms. The van der Waals surface area contributed by atoms with Crippen molar-refractivity contribution in [1.82, 2.24) is 5.32 Å². The number of nitriles is 1. The molecule has 1 heterocycles. The van der Waals surface area contributed by atoms with Crippen molar-refractivity contribution in [1.29, 1.82) is 5.26 Å². The van der Waals surface area contributed by atoms with Crippen LogP contribution in [0.3, 0.4) is 0 Å². The van der Waals surface area contributed by atoms with Crippen molar-refractivity contribution in [3.05, 3.63) is 30.1 Å². The Morgan fingerprint density at radius 2 is 2.41 bits per heavy atom. The van der Waals surface area contributed by atoms with Crippen molar-refractivity contribution in [2.45, 2.75) is 25.4 Å². The maximum atomic E-state index is 13.2. The molecular formula is C13H16FN3. The van der Waals surface area contributed by atoms with E-state index in [9.17, 15) is 4.39 Å². The van der Waals surface area contributed by atoms with Gasteiger partial charge in [0, 0.05) is 24.8 Å². The summed E-state index contributed by atoms with van der Waals surface area (Å²) >= 11 is 0. The van der Waals surface area contributed by atoms with Crippen LogP contribution in [0.2, 0.25) is 0 Å². The lowest BCUT2D eigenvalue weighted by Gasteiger charge is -2.40. The van der Waals surface area contributed by atoms with Crippen LogP contribution in [-0.4, -0.2) is 25.2 Å². The smallest absolute Gasteiger partial charge is 0.125 e. The highest BCUT2D eigenvalue weighted by atomic mass is 19.1. The molecule has 1 aromatic rings. The highest BCUT2D eigenvalue weighted by Gasteiger charge is 2.25. The number of halogens is 1. The summed E-state index contributed by atoms with van der Waals surface area (Å²) in [5.74, 6) is -0.232. The molecule has 0 bridgehead atoms. The maximum absolute atomic E-state index is 13.2. The summed E-state index contributed by atoms with van der Waals surface area (Å²) in [6.45, 7) is 3.66. The summed E-state index contributed by atoms with van der Waals surface area (Å²) in [5.41, 5.74) is 0.860. The van der Waals surface area contributed by atoms with E-state index in [2.05, 4.69) is 23.2 Å². The van der Waals surface area contributed by atoms with Crippen LogP contribution in [0.5, 0.6) is 0 Å². The number of anilines is 1. The van der Waals surface area contributed by atoms with Crippen molar-refractivity contribution in [2.75, 3.05) is 18.0 Å². The number of nitrogens with one attached hydrogen (secondary N) is 1. The number of nitrogens with zero attached hydrogens (tertiary/aromatic N) is 2. The first-order chi connectivity index (χ1) is 8.20. The van der Waals surface area contributed by atoms with Gasteiger partial charge in [0.1, 0.15) is 5.82 Å². The topological polar surface area (TPSA) is 39.1 Å². The van der Waals surface area contributed by atoms with Gasteiger partial charge in [-0.1, -0.05) is 6.07 Å². The molecule has 1 saturated heterocycles. The Kier molecular flexibility index (Phi) is 3.60. The zero-order valence-corrected chi connectivity index (χ0v) is 9.86. The van der Waals surface area contributed by atoms with Gasteiger partial charge in [-0.15, -0.1) is 0 Å². The second-order valence-electron chi connectivity index (χ2n) is 4.46. The summed E-state index contributed by atoms with van der Waals surface area (Å²) in [6.07, 6.45) is 0.455. The molecule has 1 aliphatic rings. The maximum Gasteiger partial charge on any atom is 0.125 e. The van der Waals surface area contributed by atoms with Crippen LogP contribution >= 0.6 is 0 Å². The molecule has 17 heavy (non-hydrogen) atoms. The second-order valence-corrected chi connectivity index (χ2v) is 4.46. The van der Waals surface area contributed by atoms with Gasteiger partial charge in [0.25, 0.3) is 0 Å². The monoisotopic (exact) mass is 233 g/mol. The summed E-state index contributed by atoms with van der Waals surface area (Å²) in [4.78, 5) is 2.12. The predicted molar refractivity (Wildman–Crippen MR) is 65.2 cm³/mol. The highest BCUT2D eigenvalue weighted by Crippen LogP contribution is 2.22. The lowest BCUT2D eigenvalue weighted by molar-refractivity contribution is 0.411. The fraction of sp³-hybridized carbons (Fsp3) is 0.462. The van der Waals surface area contributed by atoms with Crippen LogP contribution < -0.4 is 10.2 Å². The summed E-state index contributed by atoms with van der Waals surface area (Å²) in [6, 6.07) is 9.24. The third kappa shape index (κ3) is 2.75. The SMILES string of the molecule is CC1CN(c2cccc(F)c2)C(CC#N)CN1. The van der Waals surface area contributed by atoms with E-state index in [1.807, 2.05) is 6.07 Å². The van der Waals surface area contributed by atoms with Gasteiger partial charge in [-0.25, -0.2) is 4.39 Å². The molecule has 0 amide bonds. The first-order valence-corrected chi connectivity index (χ1v) is 5.83. The number of benzene rings is 1. The number of hydrogen-bond donors (Lipinski definition) is 1. The minimum Gasteiger partial charge on any atom is -0.365 e. The molecule has 1 aromatic carbocycles.